The second kappa shape index (κ2) is 6.21. The first kappa shape index (κ1) is 15.4. The van der Waals surface area contributed by atoms with E-state index >= 15 is 0 Å². The van der Waals surface area contributed by atoms with E-state index in [2.05, 4.69) is 19.2 Å². The van der Waals surface area contributed by atoms with Gasteiger partial charge in [0.05, 0.1) is 0 Å². The van der Waals surface area contributed by atoms with Gasteiger partial charge in [0.2, 0.25) is 5.91 Å². The minimum Gasteiger partial charge on any atom is -0.396 e. The zero-order valence-electron chi connectivity index (χ0n) is 11.0. The lowest BCUT2D eigenvalue weighted by Crippen LogP contribution is -2.48. The van der Waals surface area contributed by atoms with E-state index in [4.69, 9.17) is 5.73 Å². The SMILES string of the molecule is CCC(CC)(CO)CNC(C)(C)CC(N)=O. The first-order chi connectivity index (χ1) is 7.31. The molecule has 0 saturated heterocycles. The molecule has 0 atom stereocenters. The molecule has 0 spiro atoms. The third-order valence-corrected chi connectivity index (χ3v) is 3.39. The highest BCUT2D eigenvalue weighted by Crippen LogP contribution is 2.25. The Morgan fingerprint density at radius 1 is 1.31 bits per heavy atom. The molecule has 96 valence electrons. The van der Waals surface area contributed by atoms with Gasteiger partial charge in [0.25, 0.3) is 0 Å². The van der Waals surface area contributed by atoms with E-state index in [1.54, 1.807) is 0 Å². The molecule has 4 N–H and O–H groups in total. The van der Waals surface area contributed by atoms with Crippen LogP contribution in [-0.2, 0) is 4.79 Å². The molecule has 0 aromatic heterocycles. The second-order valence-electron chi connectivity index (χ2n) is 5.25. The van der Waals surface area contributed by atoms with Gasteiger partial charge in [-0.3, -0.25) is 4.79 Å². The fourth-order valence-corrected chi connectivity index (χ4v) is 1.70. The van der Waals surface area contributed by atoms with Gasteiger partial charge in [-0.2, -0.15) is 0 Å². The normalized spacial score (nSPS) is 12.8. The first-order valence-electron chi connectivity index (χ1n) is 5.95. The maximum Gasteiger partial charge on any atom is 0.219 e. The lowest BCUT2D eigenvalue weighted by atomic mass is 9.82. The van der Waals surface area contributed by atoms with Crippen LogP contribution in [0.5, 0.6) is 0 Å². The summed E-state index contributed by atoms with van der Waals surface area (Å²) in [5.74, 6) is -0.305. The van der Waals surface area contributed by atoms with Crippen molar-refractivity contribution < 1.29 is 9.90 Å². The zero-order chi connectivity index (χ0) is 12.8. The average molecular weight is 230 g/mol. The van der Waals surface area contributed by atoms with Crippen LogP contribution in [0.1, 0.15) is 47.0 Å². The van der Waals surface area contributed by atoms with Gasteiger partial charge in [-0.1, -0.05) is 13.8 Å². The smallest absolute Gasteiger partial charge is 0.219 e. The van der Waals surface area contributed by atoms with E-state index < -0.39 is 0 Å². The second-order valence-corrected chi connectivity index (χ2v) is 5.25. The van der Waals surface area contributed by atoms with Crippen molar-refractivity contribution in [1.82, 2.24) is 5.32 Å². The standard InChI is InChI=1S/C12H26N2O2/c1-5-12(6-2,9-15)8-14-11(3,4)7-10(13)16/h14-15H,5-9H2,1-4H3,(H2,13,16). The number of rotatable bonds is 8. The number of primary amides is 1. The summed E-state index contributed by atoms with van der Waals surface area (Å²) < 4.78 is 0. The highest BCUT2D eigenvalue weighted by atomic mass is 16.3. The molecule has 4 nitrogen and oxygen atoms in total. The Kier molecular flexibility index (Phi) is 5.97. The van der Waals surface area contributed by atoms with Crippen molar-refractivity contribution in [3.63, 3.8) is 0 Å². The number of hydrogen-bond donors (Lipinski definition) is 3. The minimum atomic E-state index is -0.309. The van der Waals surface area contributed by atoms with Gasteiger partial charge in [-0.15, -0.1) is 0 Å². The summed E-state index contributed by atoms with van der Waals surface area (Å²) in [5, 5.41) is 12.7. The highest BCUT2D eigenvalue weighted by molar-refractivity contribution is 5.74. The van der Waals surface area contributed by atoms with Crippen LogP contribution in [0.2, 0.25) is 0 Å². The number of aliphatic hydroxyl groups is 1. The molecule has 0 aliphatic heterocycles. The molecule has 0 aromatic rings. The Bertz CT molecular complexity index is 215. The molecule has 0 aromatic carbocycles. The van der Waals surface area contributed by atoms with Crippen LogP contribution in [0.15, 0.2) is 0 Å². The molecule has 0 radical (unpaired) electrons. The average Bonchev–Trinajstić information content (AvgIpc) is 2.19. The fourth-order valence-electron chi connectivity index (χ4n) is 1.70. The van der Waals surface area contributed by atoms with Crippen molar-refractivity contribution in [3.05, 3.63) is 0 Å². The predicted molar refractivity (Wildman–Crippen MR) is 66.0 cm³/mol. The van der Waals surface area contributed by atoms with Gasteiger partial charge >= 0.3 is 0 Å². The molecule has 0 aliphatic rings. The Hall–Kier alpha value is -0.610. The first-order valence-corrected chi connectivity index (χ1v) is 5.95. The highest BCUT2D eigenvalue weighted by Gasteiger charge is 2.29. The van der Waals surface area contributed by atoms with E-state index in [1.807, 2.05) is 13.8 Å². The maximum atomic E-state index is 10.9. The van der Waals surface area contributed by atoms with Crippen molar-refractivity contribution >= 4 is 5.91 Å². The van der Waals surface area contributed by atoms with Crippen LogP contribution < -0.4 is 11.1 Å². The van der Waals surface area contributed by atoms with Crippen molar-refractivity contribution in [3.8, 4) is 0 Å². The minimum absolute atomic E-state index is 0.0884. The summed E-state index contributed by atoms with van der Waals surface area (Å²) in [7, 11) is 0. The van der Waals surface area contributed by atoms with Crippen molar-refractivity contribution in [2.75, 3.05) is 13.2 Å². The molecule has 16 heavy (non-hydrogen) atoms. The molecule has 1 amide bonds. The quantitative estimate of drug-likeness (QED) is 0.583. The summed E-state index contributed by atoms with van der Waals surface area (Å²) in [4.78, 5) is 10.9. The Balaban J connectivity index is 4.34. The molecule has 0 unspecified atom stereocenters. The summed E-state index contributed by atoms with van der Waals surface area (Å²) in [6.07, 6.45) is 2.14. The van der Waals surface area contributed by atoms with Gasteiger partial charge < -0.3 is 16.2 Å². The molecule has 4 heteroatoms. The van der Waals surface area contributed by atoms with Crippen LogP contribution in [-0.4, -0.2) is 29.7 Å². The molecular formula is C12H26N2O2. The van der Waals surface area contributed by atoms with Crippen molar-refractivity contribution in [1.29, 1.82) is 0 Å². The third kappa shape index (κ3) is 4.94. The van der Waals surface area contributed by atoms with Gasteiger partial charge in [-0.05, 0) is 26.7 Å². The summed E-state index contributed by atoms with van der Waals surface area (Å²) in [6, 6.07) is 0. The summed E-state index contributed by atoms with van der Waals surface area (Å²) in [5.41, 5.74) is 4.79. The summed E-state index contributed by atoms with van der Waals surface area (Å²) >= 11 is 0. The van der Waals surface area contributed by atoms with Crippen molar-refractivity contribution in [2.24, 2.45) is 11.1 Å². The Labute approximate surface area is 98.6 Å². The van der Waals surface area contributed by atoms with E-state index in [-0.39, 0.29) is 23.5 Å². The lowest BCUT2D eigenvalue weighted by Gasteiger charge is -2.35. The van der Waals surface area contributed by atoms with Gasteiger partial charge in [0.1, 0.15) is 0 Å². The Morgan fingerprint density at radius 2 is 1.81 bits per heavy atom. The number of amides is 1. The molecule has 0 saturated carbocycles. The number of nitrogens with two attached hydrogens (primary N) is 1. The lowest BCUT2D eigenvalue weighted by molar-refractivity contribution is -0.119. The van der Waals surface area contributed by atoms with E-state index in [0.29, 0.717) is 13.0 Å². The molecular weight excluding hydrogens is 204 g/mol. The van der Waals surface area contributed by atoms with Gasteiger partial charge in [0, 0.05) is 30.5 Å². The van der Waals surface area contributed by atoms with E-state index in [1.165, 1.54) is 0 Å². The summed E-state index contributed by atoms with van der Waals surface area (Å²) in [6.45, 7) is 8.91. The number of hydrogen-bond acceptors (Lipinski definition) is 3. The van der Waals surface area contributed by atoms with E-state index in [0.717, 1.165) is 12.8 Å². The molecule has 0 fully saturated rings. The Morgan fingerprint density at radius 3 is 2.12 bits per heavy atom. The van der Waals surface area contributed by atoms with Crippen LogP contribution in [0.3, 0.4) is 0 Å². The third-order valence-electron chi connectivity index (χ3n) is 3.39. The van der Waals surface area contributed by atoms with Crippen LogP contribution in [0, 0.1) is 5.41 Å². The number of nitrogens with one attached hydrogen (secondary N) is 1. The largest absolute Gasteiger partial charge is 0.396 e. The van der Waals surface area contributed by atoms with Crippen LogP contribution in [0.25, 0.3) is 0 Å². The topological polar surface area (TPSA) is 75.3 Å². The van der Waals surface area contributed by atoms with Crippen molar-refractivity contribution in [2.45, 2.75) is 52.5 Å². The molecule has 0 heterocycles. The number of carbonyl (C=O) groups excluding carboxylic acids is 1. The van der Waals surface area contributed by atoms with Gasteiger partial charge in [-0.25, -0.2) is 0 Å². The van der Waals surface area contributed by atoms with E-state index in [9.17, 15) is 9.90 Å². The predicted octanol–water partition coefficient (Wildman–Crippen LogP) is 1.03. The molecule has 0 bridgehead atoms. The monoisotopic (exact) mass is 230 g/mol. The zero-order valence-corrected chi connectivity index (χ0v) is 11.0. The molecule has 0 aliphatic carbocycles. The van der Waals surface area contributed by atoms with Crippen LogP contribution >= 0.6 is 0 Å². The van der Waals surface area contributed by atoms with Gasteiger partial charge in [0.15, 0.2) is 0 Å². The van der Waals surface area contributed by atoms with Crippen LogP contribution in [0.4, 0.5) is 0 Å². The maximum absolute atomic E-state index is 10.9. The molecule has 0 rings (SSSR count). The number of aliphatic hydroxyl groups excluding tert-OH is 1. The number of carbonyl (C=O) groups is 1. The fraction of sp³-hybridized carbons (Fsp3) is 0.917.